The molecule has 0 aliphatic carbocycles. The smallest absolute Gasteiger partial charge is 0.0794 e. The van der Waals surface area contributed by atoms with Gasteiger partial charge in [-0.25, -0.2) is 0 Å². The van der Waals surface area contributed by atoms with Crippen LogP contribution in [0.25, 0.3) is 6.08 Å². The van der Waals surface area contributed by atoms with Gasteiger partial charge in [-0.15, -0.1) is 0 Å². The number of allylic oxidation sites excluding steroid dienone is 1. The molecule has 2 nitrogen and oxygen atoms in total. The highest BCUT2D eigenvalue weighted by Crippen LogP contribution is 2.13. The fraction of sp³-hybridized carbons (Fsp3) is 0.182. The maximum atomic E-state index is 8.57. The first-order valence-electron chi connectivity index (χ1n) is 4.26. The van der Waals surface area contributed by atoms with Gasteiger partial charge in [-0.3, -0.25) is 0 Å². The van der Waals surface area contributed by atoms with Gasteiger partial charge in [0.15, 0.2) is 0 Å². The Labute approximate surface area is 92.1 Å². The largest absolute Gasteiger partial charge is 0.411 e. The first-order valence-corrected chi connectivity index (χ1v) is 5.05. The zero-order chi connectivity index (χ0) is 10.6. The summed E-state index contributed by atoms with van der Waals surface area (Å²) in [7, 11) is 0. The Morgan fingerprint density at radius 1 is 1.29 bits per heavy atom. The van der Waals surface area contributed by atoms with E-state index in [4.69, 9.17) is 5.21 Å². The molecule has 0 spiro atoms. The summed E-state index contributed by atoms with van der Waals surface area (Å²) in [5.74, 6) is 0. The van der Waals surface area contributed by atoms with Gasteiger partial charge in [-0.1, -0.05) is 39.3 Å². The number of halogens is 1. The van der Waals surface area contributed by atoms with Crippen LogP contribution in [0.15, 0.2) is 39.5 Å². The quantitative estimate of drug-likeness (QED) is 0.487. The minimum atomic E-state index is 0.632. The number of benzene rings is 1. The number of nitrogens with zero attached hydrogens (tertiary/aromatic N) is 1. The Morgan fingerprint density at radius 3 is 2.36 bits per heavy atom. The number of rotatable bonds is 2. The zero-order valence-electron chi connectivity index (χ0n) is 8.16. The molecular weight excluding hydrogens is 242 g/mol. The molecular formula is C11H12BrNO. The van der Waals surface area contributed by atoms with Crippen LogP contribution >= 0.6 is 15.9 Å². The lowest BCUT2D eigenvalue weighted by atomic mass is 10.1. The third kappa shape index (κ3) is 3.00. The molecule has 1 aromatic rings. The summed E-state index contributed by atoms with van der Waals surface area (Å²) in [6.07, 6.45) is 1.97. The maximum absolute atomic E-state index is 8.57. The standard InChI is InChI=1S/C11H12BrNO/c1-8(9(2)13-14)7-10-3-5-11(12)6-4-10/h3-7,14H,1-2H3. The molecule has 14 heavy (non-hydrogen) atoms. The van der Waals surface area contributed by atoms with Crippen LogP contribution in [0, 0.1) is 0 Å². The molecule has 3 heteroatoms. The van der Waals surface area contributed by atoms with E-state index in [-0.39, 0.29) is 0 Å². The summed E-state index contributed by atoms with van der Waals surface area (Å²) in [5.41, 5.74) is 2.68. The third-order valence-electron chi connectivity index (χ3n) is 1.97. The van der Waals surface area contributed by atoms with Gasteiger partial charge in [0, 0.05) is 4.47 Å². The topological polar surface area (TPSA) is 32.6 Å². The van der Waals surface area contributed by atoms with Gasteiger partial charge in [0.25, 0.3) is 0 Å². The van der Waals surface area contributed by atoms with Crippen molar-refractivity contribution in [3.63, 3.8) is 0 Å². The van der Waals surface area contributed by atoms with Gasteiger partial charge >= 0.3 is 0 Å². The van der Waals surface area contributed by atoms with E-state index in [0.717, 1.165) is 15.6 Å². The molecule has 0 aromatic heterocycles. The molecule has 0 fully saturated rings. The molecule has 0 saturated heterocycles. The normalized spacial score (nSPS) is 13.1. The first-order chi connectivity index (χ1) is 6.63. The zero-order valence-corrected chi connectivity index (χ0v) is 9.75. The van der Waals surface area contributed by atoms with Crippen molar-refractivity contribution in [1.82, 2.24) is 0 Å². The highest BCUT2D eigenvalue weighted by atomic mass is 79.9. The average molecular weight is 254 g/mol. The number of hydrogen-bond donors (Lipinski definition) is 1. The van der Waals surface area contributed by atoms with Gasteiger partial charge < -0.3 is 5.21 Å². The lowest BCUT2D eigenvalue weighted by Crippen LogP contribution is -1.92. The summed E-state index contributed by atoms with van der Waals surface area (Å²) in [6.45, 7) is 3.68. The molecule has 0 saturated carbocycles. The van der Waals surface area contributed by atoms with E-state index in [1.54, 1.807) is 6.92 Å². The number of oxime groups is 1. The molecule has 0 atom stereocenters. The van der Waals surface area contributed by atoms with E-state index < -0.39 is 0 Å². The fourth-order valence-corrected chi connectivity index (χ4v) is 1.26. The van der Waals surface area contributed by atoms with Crippen molar-refractivity contribution in [1.29, 1.82) is 0 Å². The van der Waals surface area contributed by atoms with E-state index in [1.165, 1.54) is 0 Å². The van der Waals surface area contributed by atoms with E-state index in [9.17, 15) is 0 Å². The van der Waals surface area contributed by atoms with Crippen molar-refractivity contribution < 1.29 is 5.21 Å². The second-order valence-electron chi connectivity index (χ2n) is 3.06. The highest BCUT2D eigenvalue weighted by Gasteiger charge is 1.95. The molecule has 0 amide bonds. The molecule has 0 unspecified atom stereocenters. The average Bonchev–Trinajstić information content (AvgIpc) is 2.20. The van der Waals surface area contributed by atoms with Gasteiger partial charge in [-0.2, -0.15) is 0 Å². The predicted molar refractivity (Wildman–Crippen MR) is 62.7 cm³/mol. The van der Waals surface area contributed by atoms with E-state index in [1.807, 2.05) is 37.3 Å². The first kappa shape index (κ1) is 11.0. The van der Waals surface area contributed by atoms with Crippen LogP contribution in [0.3, 0.4) is 0 Å². The monoisotopic (exact) mass is 253 g/mol. The molecule has 1 aromatic carbocycles. The SMILES string of the molecule is CC(=Cc1ccc(Br)cc1)C(C)=NO. The third-order valence-corrected chi connectivity index (χ3v) is 2.50. The van der Waals surface area contributed by atoms with Crippen LogP contribution < -0.4 is 0 Å². The van der Waals surface area contributed by atoms with Crippen LogP contribution in [0.2, 0.25) is 0 Å². The van der Waals surface area contributed by atoms with Crippen molar-refractivity contribution in [3.8, 4) is 0 Å². The second kappa shape index (κ2) is 4.96. The Morgan fingerprint density at radius 2 is 1.86 bits per heavy atom. The van der Waals surface area contributed by atoms with E-state index in [2.05, 4.69) is 21.1 Å². The molecule has 74 valence electrons. The minimum absolute atomic E-state index is 0.632. The minimum Gasteiger partial charge on any atom is -0.411 e. The molecule has 0 aliphatic rings. The predicted octanol–water partition coefficient (Wildman–Crippen LogP) is 3.70. The lowest BCUT2D eigenvalue weighted by Gasteiger charge is -1.98. The molecule has 0 radical (unpaired) electrons. The Bertz CT molecular complexity index is 365. The van der Waals surface area contributed by atoms with Gasteiger partial charge in [0.1, 0.15) is 0 Å². The van der Waals surface area contributed by atoms with Crippen molar-refractivity contribution >= 4 is 27.7 Å². The summed E-state index contributed by atoms with van der Waals surface area (Å²) in [4.78, 5) is 0. The summed E-state index contributed by atoms with van der Waals surface area (Å²) < 4.78 is 1.06. The summed E-state index contributed by atoms with van der Waals surface area (Å²) in [6, 6.07) is 7.95. The summed E-state index contributed by atoms with van der Waals surface area (Å²) in [5, 5.41) is 11.7. The van der Waals surface area contributed by atoms with Gasteiger partial charge in [0.2, 0.25) is 0 Å². The fourth-order valence-electron chi connectivity index (χ4n) is 0.992. The Kier molecular flexibility index (Phi) is 3.89. The Balaban J connectivity index is 2.92. The van der Waals surface area contributed by atoms with Gasteiger partial charge in [0.05, 0.1) is 5.71 Å². The molecule has 0 heterocycles. The number of hydrogen-bond acceptors (Lipinski definition) is 2. The summed E-state index contributed by atoms with van der Waals surface area (Å²) >= 11 is 3.37. The van der Waals surface area contributed by atoms with E-state index >= 15 is 0 Å². The van der Waals surface area contributed by atoms with Crippen LogP contribution in [-0.2, 0) is 0 Å². The van der Waals surface area contributed by atoms with Crippen LogP contribution in [-0.4, -0.2) is 10.9 Å². The molecule has 1 N–H and O–H groups in total. The highest BCUT2D eigenvalue weighted by molar-refractivity contribution is 9.10. The molecule has 0 bridgehead atoms. The van der Waals surface area contributed by atoms with E-state index in [0.29, 0.717) is 5.71 Å². The lowest BCUT2D eigenvalue weighted by molar-refractivity contribution is 0.319. The van der Waals surface area contributed by atoms with Crippen LogP contribution in [0.5, 0.6) is 0 Å². The van der Waals surface area contributed by atoms with Crippen LogP contribution in [0.1, 0.15) is 19.4 Å². The van der Waals surface area contributed by atoms with Crippen molar-refractivity contribution in [3.05, 3.63) is 39.9 Å². The van der Waals surface area contributed by atoms with Crippen molar-refractivity contribution in [2.45, 2.75) is 13.8 Å². The Hall–Kier alpha value is -1.09. The van der Waals surface area contributed by atoms with Crippen LogP contribution in [0.4, 0.5) is 0 Å². The van der Waals surface area contributed by atoms with Crippen molar-refractivity contribution in [2.75, 3.05) is 0 Å². The van der Waals surface area contributed by atoms with Crippen molar-refractivity contribution in [2.24, 2.45) is 5.16 Å². The maximum Gasteiger partial charge on any atom is 0.0794 e. The molecule has 0 aliphatic heterocycles. The molecule has 1 rings (SSSR count). The van der Waals surface area contributed by atoms with Gasteiger partial charge in [-0.05, 0) is 37.1 Å². The second-order valence-corrected chi connectivity index (χ2v) is 3.98.